The summed E-state index contributed by atoms with van der Waals surface area (Å²) >= 11 is 7.33. The molecule has 0 aliphatic carbocycles. The van der Waals surface area contributed by atoms with Gasteiger partial charge in [0, 0.05) is 36.2 Å². The highest BCUT2D eigenvalue weighted by molar-refractivity contribution is 7.16. The molecule has 5 N–H and O–H groups in total. The van der Waals surface area contributed by atoms with Gasteiger partial charge in [0.25, 0.3) is 5.91 Å². The van der Waals surface area contributed by atoms with E-state index in [1.54, 1.807) is 35.9 Å². The van der Waals surface area contributed by atoms with Crippen LogP contribution in [0.5, 0.6) is 0 Å². The molecule has 0 saturated carbocycles. The number of fused-ring (bicyclic) bond motifs is 1. The number of carbonyl (C=O) groups is 2. The van der Waals surface area contributed by atoms with Gasteiger partial charge in [-0.05, 0) is 58.9 Å². The third-order valence-corrected chi connectivity index (χ3v) is 6.69. The predicted molar refractivity (Wildman–Crippen MR) is 174 cm³/mol. The highest BCUT2D eigenvalue weighted by Crippen LogP contribution is 2.26. The van der Waals surface area contributed by atoms with Crippen molar-refractivity contribution in [2.45, 2.75) is 52.9 Å². The molecule has 3 heterocycles. The molecule has 1 aromatic carbocycles. The lowest BCUT2D eigenvalue weighted by molar-refractivity contribution is 0.0527. The lowest BCUT2D eigenvalue weighted by Gasteiger charge is -2.16. The molecule has 0 spiro atoms. The summed E-state index contributed by atoms with van der Waals surface area (Å²) in [6.45, 7) is 9.06. The minimum Gasteiger partial charge on any atom is -0.462 e. The normalized spacial score (nSPS) is 11.5. The van der Waals surface area contributed by atoms with E-state index in [1.165, 1.54) is 12.4 Å². The number of carbonyl (C=O) groups excluding carboxylic acids is 2. The maximum absolute atomic E-state index is 13.2. The SMILES string of the molecule is CC(C)Nc1cc(Nc2ccc3ncsc3c2)ncc1C(=O)NC[C@@H](F)CO.CCOC(=O)c1cnc(Cl)cc1NC(C)C. The molecule has 0 fully saturated rings. The Balaban J connectivity index is 0.000000281. The van der Waals surface area contributed by atoms with Crippen LogP contribution in [0.15, 0.2) is 48.2 Å². The number of amides is 1. The third kappa shape index (κ3) is 10.3. The van der Waals surface area contributed by atoms with E-state index < -0.39 is 24.7 Å². The Hall–Kier alpha value is -4.07. The second-order valence-electron chi connectivity index (χ2n) is 10.1. The average Bonchev–Trinajstić information content (AvgIpc) is 3.44. The van der Waals surface area contributed by atoms with Gasteiger partial charge in [-0.25, -0.2) is 24.1 Å². The number of hydrogen-bond acceptors (Lipinski definition) is 11. The zero-order chi connectivity index (χ0) is 32.2. The van der Waals surface area contributed by atoms with Gasteiger partial charge in [0.2, 0.25) is 0 Å². The topological polar surface area (TPSA) is 150 Å². The van der Waals surface area contributed by atoms with Crippen LogP contribution in [0, 0.1) is 0 Å². The minimum absolute atomic E-state index is 0.0849. The number of hydrogen-bond donors (Lipinski definition) is 5. The first kappa shape index (κ1) is 34.4. The monoisotopic (exact) mass is 645 g/mol. The molecule has 0 bridgehead atoms. The summed E-state index contributed by atoms with van der Waals surface area (Å²) in [6, 6.07) is 9.47. The fourth-order valence-corrected chi connectivity index (χ4v) is 4.69. The molecule has 14 heteroatoms. The summed E-state index contributed by atoms with van der Waals surface area (Å²) in [5, 5.41) is 21.1. The van der Waals surface area contributed by atoms with Gasteiger partial charge in [0.1, 0.15) is 22.7 Å². The molecule has 4 aromatic rings. The van der Waals surface area contributed by atoms with E-state index in [2.05, 4.69) is 36.2 Å². The van der Waals surface area contributed by atoms with E-state index in [0.29, 0.717) is 40.1 Å². The van der Waals surface area contributed by atoms with Crippen LogP contribution in [-0.2, 0) is 4.74 Å². The molecule has 44 heavy (non-hydrogen) atoms. The summed E-state index contributed by atoms with van der Waals surface area (Å²) < 4.78 is 19.2. The average molecular weight is 646 g/mol. The predicted octanol–water partition coefficient (Wildman–Crippen LogP) is 6.05. The van der Waals surface area contributed by atoms with Crippen LogP contribution in [0.25, 0.3) is 10.2 Å². The van der Waals surface area contributed by atoms with Crippen LogP contribution in [-0.4, -0.2) is 69.9 Å². The molecule has 0 unspecified atom stereocenters. The van der Waals surface area contributed by atoms with Crippen molar-refractivity contribution >= 4 is 67.9 Å². The highest BCUT2D eigenvalue weighted by atomic mass is 35.5. The van der Waals surface area contributed by atoms with Crippen molar-refractivity contribution < 1.29 is 23.8 Å². The van der Waals surface area contributed by atoms with Gasteiger partial charge < -0.3 is 31.1 Å². The van der Waals surface area contributed by atoms with Crippen LogP contribution in [0.4, 0.5) is 27.3 Å². The maximum Gasteiger partial charge on any atom is 0.341 e. The lowest BCUT2D eigenvalue weighted by Crippen LogP contribution is -2.32. The van der Waals surface area contributed by atoms with Crippen molar-refractivity contribution in [3.63, 3.8) is 0 Å². The van der Waals surface area contributed by atoms with E-state index in [4.69, 9.17) is 21.4 Å². The number of nitrogens with zero attached hydrogens (tertiary/aromatic N) is 3. The molecule has 4 rings (SSSR count). The number of ether oxygens (including phenoxy) is 1. The van der Waals surface area contributed by atoms with Gasteiger partial charge in [-0.2, -0.15) is 0 Å². The molecule has 0 saturated heterocycles. The summed E-state index contributed by atoms with van der Waals surface area (Å²) in [6.07, 6.45) is 1.37. The molecule has 0 aliphatic rings. The van der Waals surface area contributed by atoms with Crippen LogP contribution >= 0.6 is 22.9 Å². The Morgan fingerprint density at radius 3 is 2.34 bits per heavy atom. The van der Waals surface area contributed by atoms with Gasteiger partial charge in [0.05, 0.1) is 52.4 Å². The van der Waals surface area contributed by atoms with E-state index in [9.17, 15) is 14.0 Å². The molecule has 0 aliphatic heterocycles. The number of aliphatic hydroxyl groups is 1. The van der Waals surface area contributed by atoms with Gasteiger partial charge >= 0.3 is 5.97 Å². The van der Waals surface area contributed by atoms with Gasteiger partial charge in [-0.3, -0.25) is 4.79 Å². The van der Waals surface area contributed by atoms with Crippen molar-refractivity contribution in [3.05, 3.63) is 64.5 Å². The minimum atomic E-state index is -1.50. The van der Waals surface area contributed by atoms with Crippen molar-refractivity contribution in [2.75, 3.05) is 35.7 Å². The quantitative estimate of drug-likeness (QED) is 0.0910. The second-order valence-corrected chi connectivity index (χ2v) is 11.4. The van der Waals surface area contributed by atoms with Crippen molar-refractivity contribution in [1.82, 2.24) is 20.3 Å². The van der Waals surface area contributed by atoms with E-state index in [-0.39, 0.29) is 18.6 Å². The van der Waals surface area contributed by atoms with Crippen molar-refractivity contribution in [2.24, 2.45) is 0 Å². The van der Waals surface area contributed by atoms with Crippen molar-refractivity contribution in [1.29, 1.82) is 0 Å². The number of rotatable bonds is 12. The molecular formula is C30H37ClFN7O4S. The number of aliphatic hydroxyl groups excluding tert-OH is 1. The first-order valence-corrected chi connectivity index (χ1v) is 15.3. The molecule has 1 amide bonds. The molecule has 236 valence electrons. The highest BCUT2D eigenvalue weighted by Gasteiger charge is 2.16. The fourth-order valence-electron chi connectivity index (χ4n) is 3.81. The number of thiazole rings is 1. The lowest BCUT2D eigenvalue weighted by atomic mass is 10.2. The van der Waals surface area contributed by atoms with E-state index in [1.807, 2.05) is 45.9 Å². The molecule has 1 atom stereocenters. The smallest absolute Gasteiger partial charge is 0.341 e. The summed E-state index contributed by atoms with van der Waals surface area (Å²) in [5.41, 5.74) is 5.54. The maximum atomic E-state index is 13.2. The first-order chi connectivity index (χ1) is 21.0. The van der Waals surface area contributed by atoms with Gasteiger partial charge in [-0.1, -0.05) is 11.6 Å². The first-order valence-electron chi connectivity index (χ1n) is 14.0. The summed E-state index contributed by atoms with van der Waals surface area (Å²) in [7, 11) is 0. The Morgan fingerprint density at radius 2 is 1.68 bits per heavy atom. The number of pyridine rings is 2. The Labute approximate surface area is 264 Å². The standard InChI is InChI=1S/C19H22FN5O2S.C11H15ClN2O2/c1-11(2)24-16-6-18(21-8-14(16)19(27)22-7-12(20)9-26)25-13-3-4-15-17(5-13)28-10-23-15;1-4-16-11(15)8-6-13-10(12)5-9(8)14-7(2)3/h3-6,8,10-12,26H,7,9H2,1-2H3,(H,22,27)(H2,21,24,25);5-7H,4H2,1-3H3,(H,13,14)/t12-;/m1./s1. The number of benzene rings is 1. The second kappa shape index (κ2) is 16.7. The number of nitrogens with one attached hydrogen (secondary N) is 4. The van der Waals surface area contributed by atoms with Crippen LogP contribution in [0.3, 0.4) is 0 Å². The van der Waals surface area contributed by atoms with Crippen molar-refractivity contribution in [3.8, 4) is 0 Å². The van der Waals surface area contributed by atoms with Gasteiger partial charge in [0.15, 0.2) is 0 Å². The zero-order valence-corrected chi connectivity index (χ0v) is 26.7. The van der Waals surface area contributed by atoms with Gasteiger partial charge in [-0.15, -0.1) is 11.3 Å². The Kier molecular flexibility index (Phi) is 13.1. The number of alkyl halides is 1. The number of anilines is 4. The Morgan fingerprint density at radius 1 is 1.00 bits per heavy atom. The Bertz CT molecular complexity index is 1550. The summed E-state index contributed by atoms with van der Waals surface area (Å²) in [4.78, 5) is 36.4. The van der Waals surface area contributed by atoms with Crippen LogP contribution in [0.2, 0.25) is 5.15 Å². The molecular weight excluding hydrogens is 609 g/mol. The molecule has 0 radical (unpaired) electrons. The largest absolute Gasteiger partial charge is 0.462 e. The number of aromatic nitrogens is 3. The molecule has 11 nitrogen and oxygen atoms in total. The van der Waals surface area contributed by atoms with Crippen LogP contribution in [0.1, 0.15) is 55.3 Å². The van der Waals surface area contributed by atoms with Crippen LogP contribution < -0.4 is 21.3 Å². The fraction of sp³-hybridized carbons (Fsp3) is 0.367. The van der Waals surface area contributed by atoms with E-state index >= 15 is 0 Å². The third-order valence-electron chi connectivity index (χ3n) is 5.69. The summed E-state index contributed by atoms with van der Waals surface area (Å²) in [5.74, 6) is -0.276. The molecule has 3 aromatic heterocycles. The number of halogens is 2. The number of esters is 1. The zero-order valence-electron chi connectivity index (χ0n) is 25.1. The van der Waals surface area contributed by atoms with E-state index in [0.717, 1.165) is 15.9 Å².